The maximum atomic E-state index is 13.5. The lowest BCUT2D eigenvalue weighted by Crippen LogP contribution is -2.74. The number of rotatable bonds is 9. The van der Waals surface area contributed by atoms with Gasteiger partial charge in [0.15, 0.2) is 0 Å². The minimum atomic E-state index is -1.11. The maximum absolute atomic E-state index is 13.5. The van der Waals surface area contributed by atoms with Crippen LogP contribution in [-0.2, 0) is 0 Å². The van der Waals surface area contributed by atoms with Gasteiger partial charge in [0.2, 0.25) is 5.82 Å². The highest BCUT2D eigenvalue weighted by molar-refractivity contribution is 5.95. The minimum absolute atomic E-state index is 0.0742. The first-order valence-corrected chi connectivity index (χ1v) is 17.6. The van der Waals surface area contributed by atoms with Crippen LogP contribution in [0.15, 0.2) is 48.8 Å². The van der Waals surface area contributed by atoms with E-state index in [0.29, 0.717) is 17.0 Å². The highest BCUT2D eigenvalue weighted by Crippen LogP contribution is 2.55. The van der Waals surface area contributed by atoms with Gasteiger partial charge in [0.1, 0.15) is 11.9 Å². The molecular weight excluding hydrogens is 630 g/mol. The number of nitrogens with one attached hydrogen (secondary N) is 1. The van der Waals surface area contributed by atoms with Crippen LogP contribution in [0.4, 0.5) is 11.4 Å². The van der Waals surface area contributed by atoms with Gasteiger partial charge < -0.3 is 25.0 Å². The zero-order valence-electron chi connectivity index (χ0n) is 30.1. The average Bonchev–Trinajstić information content (AvgIpc) is 3.10. The van der Waals surface area contributed by atoms with Gasteiger partial charge in [-0.05, 0) is 80.1 Å². The average molecular weight is 680 g/mol. The largest absolute Gasteiger partial charge is 0.489 e. The number of piperazine rings is 1. The fourth-order valence-electron chi connectivity index (χ4n) is 8.66. The summed E-state index contributed by atoms with van der Waals surface area (Å²) in [7, 11) is 0. The molecule has 2 aliphatic heterocycles. The Morgan fingerprint density at radius 2 is 1.46 bits per heavy atom. The molecule has 3 aromatic rings. The van der Waals surface area contributed by atoms with Gasteiger partial charge in [-0.2, -0.15) is 5.26 Å². The van der Waals surface area contributed by atoms with E-state index >= 15 is 0 Å². The van der Waals surface area contributed by atoms with Crippen LogP contribution in [0.3, 0.4) is 0 Å². The van der Waals surface area contributed by atoms with Crippen molar-refractivity contribution in [2.45, 2.75) is 66.5 Å². The molecular formula is C39H49N7O4. The van der Waals surface area contributed by atoms with E-state index in [-0.39, 0.29) is 34.7 Å². The molecule has 1 aromatic heterocycles. The van der Waals surface area contributed by atoms with Gasteiger partial charge in [0.25, 0.3) is 5.91 Å². The number of carboxylic acid groups (broad SMARTS) is 1. The van der Waals surface area contributed by atoms with Crippen LogP contribution in [0.5, 0.6) is 5.75 Å². The Hall–Kier alpha value is -4.69. The maximum Gasteiger partial charge on any atom is 0.373 e. The number of hydrogen-bond donors (Lipinski definition) is 2. The molecule has 50 heavy (non-hydrogen) atoms. The summed E-state index contributed by atoms with van der Waals surface area (Å²) in [6, 6.07) is 14.1. The number of aromatic nitrogens is 2. The minimum Gasteiger partial charge on any atom is -0.489 e. The van der Waals surface area contributed by atoms with Crippen molar-refractivity contribution in [2.24, 2.45) is 16.7 Å². The molecule has 1 amide bonds. The third kappa shape index (κ3) is 6.99. The van der Waals surface area contributed by atoms with Crippen molar-refractivity contribution < 1.29 is 19.4 Å². The lowest BCUT2D eigenvalue weighted by atomic mass is 9.49. The van der Waals surface area contributed by atoms with Gasteiger partial charge in [-0.25, -0.2) is 14.8 Å². The molecule has 11 nitrogen and oxygen atoms in total. The first-order valence-electron chi connectivity index (χ1n) is 17.6. The molecule has 2 aromatic carbocycles. The third-order valence-corrected chi connectivity index (χ3v) is 11.2. The molecule has 0 radical (unpaired) electrons. The zero-order valence-corrected chi connectivity index (χ0v) is 30.1. The zero-order chi connectivity index (χ0) is 35.8. The summed E-state index contributed by atoms with van der Waals surface area (Å²) in [5, 5.41) is 21.8. The molecule has 2 N–H and O–H groups in total. The number of ether oxygens (including phenoxy) is 1. The number of aromatic carboxylic acids is 1. The van der Waals surface area contributed by atoms with Crippen LogP contribution in [0.2, 0.25) is 0 Å². The molecule has 6 rings (SSSR count). The summed E-state index contributed by atoms with van der Waals surface area (Å²) in [4.78, 5) is 39.6. The summed E-state index contributed by atoms with van der Waals surface area (Å²) in [6.07, 6.45) is 5.35. The summed E-state index contributed by atoms with van der Waals surface area (Å²) in [5.41, 5.74) is 4.58. The van der Waals surface area contributed by atoms with Crippen molar-refractivity contribution in [3.05, 3.63) is 76.9 Å². The molecule has 1 aliphatic carbocycles. The monoisotopic (exact) mass is 679 g/mol. The predicted octanol–water partition coefficient (Wildman–Crippen LogP) is 5.31. The van der Waals surface area contributed by atoms with E-state index in [0.717, 1.165) is 86.9 Å². The van der Waals surface area contributed by atoms with E-state index in [1.807, 2.05) is 38.1 Å². The Balaban J connectivity index is 0.966. The number of piperidine rings is 1. The summed E-state index contributed by atoms with van der Waals surface area (Å²) < 4.78 is 6.53. The lowest BCUT2D eigenvalue weighted by molar-refractivity contribution is -0.164. The van der Waals surface area contributed by atoms with Crippen LogP contribution < -0.4 is 19.9 Å². The predicted molar refractivity (Wildman–Crippen MR) is 193 cm³/mol. The number of aryl methyl sites for hydroxylation is 2. The summed E-state index contributed by atoms with van der Waals surface area (Å²) >= 11 is 0. The van der Waals surface area contributed by atoms with Gasteiger partial charge in [-0.3, -0.25) is 9.69 Å². The Kier molecular flexibility index (Phi) is 9.78. The first-order chi connectivity index (χ1) is 23.8. The van der Waals surface area contributed by atoms with Gasteiger partial charge in [0, 0.05) is 73.9 Å². The van der Waals surface area contributed by atoms with Crippen LogP contribution >= 0.6 is 0 Å². The number of hydrogen-bond acceptors (Lipinski definition) is 9. The van der Waals surface area contributed by atoms with E-state index in [1.165, 1.54) is 0 Å². The fourth-order valence-corrected chi connectivity index (χ4v) is 8.66. The van der Waals surface area contributed by atoms with E-state index in [1.54, 1.807) is 12.4 Å². The van der Waals surface area contributed by atoms with E-state index in [4.69, 9.17) is 9.84 Å². The van der Waals surface area contributed by atoms with Crippen molar-refractivity contribution in [3.8, 4) is 11.8 Å². The topological polar surface area (TPSA) is 135 Å². The van der Waals surface area contributed by atoms with Crippen molar-refractivity contribution in [1.82, 2.24) is 20.2 Å². The number of carboxylic acids is 1. The number of amides is 1. The van der Waals surface area contributed by atoms with Gasteiger partial charge in [0.05, 0.1) is 29.7 Å². The Morgan fingerprint density at radius 3 is 2.00 bits per heavy atom. The smallest absolute Gasteiger partial charge is 0.373 e. The highest BCUT2D eigenvalue weighted by Gasteiger charge is 2.64. The number of anilines is 2. The number of nitriles is 1. The van der Waals surface area contributed by atoms with Gasteiger partial charge in [-0.1, -0.05) is 27.7 Å². The molecule has 1 saturated carbocycles. The molecule has 3 heterocycles. The molecule has 3 aliphatic rings. The normalized spacial score (nSPS) is 21.9. The van der Waals surface area contributed by atoms with Crippen LogP contribution in [0.1, 0.15) is 78.2 Å². The summed E-state index contributed by atoms with van der Waals surface area (Å²) in [6.45, 7) is 19.2. The first kappa shape index (κ1) is 35.1. The Labute approximate surface area is 295 Å². The molecule has 0 bridgehead atoms. The fraction of sp³-hybridized carbons (Fsp3) is 0.513. The number of carbonyl (C=O) groups excluding carboxylic acids is 1. The molecule has 264 valence electrons. The molecule has 0 spiro atoms. The van der Waals surface area contributed by atoms with Gasteiger partial charge in [-0.15, -0.1) is 0 Å². The van der Waals surface area contributed by atoms with Crippen molar-refractivity contribution in [3.63, 3.8) is 0 Å². The molecule has 2 saturated heterocycles. The number of benzene rings is 2. The van der Waals surface area contributed by atoms with E-state index in [9.17, 15) is 14.9 Å². The molecule has 11 heteroatoms. The standard InChI is InChI=1S/C39H49N7O4/c1-25-19-31(20-26(2)32(25)21-40)50-37-38(3,4)36(39(37,5)6)43-34(47)28-7-9-29(10-8-28)45-13-11-27(12-14-45)24-44-15-17-46(18-16-44)30-22-41-33(35(48)49)42-23-30/h7-10,19-20,22-23,27,36-37H,11-18,24H2,1-6H3,(H,43,47)(H,48,49)/t36-,37-. The Bertz CT molecular complexity index is 1710. The number of carbonyl (C=O) groups is 2. The van der Waals surface area contributed by atoms with Crippen LogP contribution in [0, 0.1) is 41.9 Å². The third-order valence-electron chi connectivity index (χ3n) is 11.2. The Morgan fingerprint density at radius 1 is 0.900 bits per heavy atom. The number of nitrogens with zero attached hydrogens (tertiary/aromatic N) is 6. The van der Waals surface area contributed by atoms with E-state index < -0.39 is 5.97 Å². The SMILES string of the molecule is Cc1cc(O[C@H]2C(C)(C)[C@H](NC(=O)c3ccc(N4CCC(CN5CCN(c6cnc(C(=O)O)nc6)CC5)CC4)cc3)C2(C)C)cc(C)c1C#N. The second-order valence-corrected chi connectivity index (χ2v) is 15.4. The quantitative estimate of drug-likeness (QED) is 0.306. The van der Waals surface area contributed by atoms with Gasteiger partial charge >= 0.3 is 5.97 Å². The molecule has 0 unspecified atom stereocenters. The van der Waals surface area contributed by atoms with Crippen LogP contribution in [0.25, 0.3) is 0 Å². The molecule has 3 fully saturated rings. The van der Waals surface area contributed by atoms with Crippen molar-refractivity contribution in [1.29, 1.82) is 5.26 Å². The summed E-state index contributed by atoms with van der Waals surface area (Å²) in [5.74, 6) is 0.0401. The highest BCUT2D eigenvalue weighted by atomic mass is 16.5. The van der Waals surface area contributed by atoms with E-state index in [2.05, 4.69) is 75.9 Å². The van der Waals surface area contributed by atoms with Crippen molar-refractivity contribution >= 4 is 23.3 Å². The van der Waals surface area contributed by atoms with Crippen molar-refractivity contribution in [2.75, 3.05) is 55.6 Å². The second kappa shape index (κ2) is 13.9. The molecule has 0 atom stereocenters. The van der Waals surface area contributed by atoms with Crippen LogP contribution in [-0.4, -0.2) is 89.8 Å². The lowest BCUT2D eigenvalue weighted by Gasteiger charge is -2.63. The second-order valence-electron chi connectivity index (χ2n) is 15.4.